The molecule has 0 atom stereocenters. The molecule has 1 aromatic carbocycles. The largest absolute Gasteiger partial charge is 0.454 e. The summed E-state index contributed by atoms with van der Waals surface area (Å²) in [7, 11) is 0. The van der Waals surface area contributed by atoms with E-state index in [1.807, 2.05) is 0 Å². The van der Waals surface area contributed by atoms with Crippen molar-refractivity contribution in [1.82, 2.24) is 5.16 Å². The van der Waals surface area contributed by atoms with Gasteiger partial charge in [0, 0.05) is 5.56 Å². The fourth-order valence-corrected chi connectivity index (χ4v) is 1.71. The average Bonchev–Trinajstić information content (AvgIpc) is 2.95. The van der Waals surface area contributed by atoms with Crippen LogP contribution in [0, 0.1) is 6.92 Å². The number of aryl methyl sites for hydroxylation is 1. The van der Waals surface area contributed by atoms with Crippen molar-refractivity contribution in [2.75, 3.05) is 6.79 Å². The monoisotopic (exact) mass is 231 g/mol. The Labute approximate surface area is 96.9 Å². The Morgan fingerprint density at radius 3 is 2.88 bits per heavy atom. The number of carbonyl (C=O) groups excluding carboxylic acids is 1. The summed E-state index contributed by atoms with van der Waals surface area (Å²) in [5, 5.41) is 3.59. The predicted octanol–water partition coefficient (Wildman–Crippen LogP) is 1.94. The number of hydrogen-bond acceptors (Lipinski definition) is 5. The van der Waals surface area contributed by atoms with Crippen LogP contribution >= 0.6 is 0 Å². The van der Waals surface area contributed by atoms with E-state index in [1.54, 1.807) is 25.1 Å². The Morgan fingerprint density at radius 2 is 2.12 bits per heavy atom. The zero-order valence-electron chi connectivity index (χ0n) is 9.10. The Hall–Kier alpha value is -2.30. The quantitative estimate of drug-likeness (QED) is 0.739. The summed E-state index contributed by atoms with van der Waals surface area (Å²) in [6.07, 6.45) is 1.42. The average molecular weight is 231 g/mol. The van der Waals surface area contributed by atoms with Crippen LogP contribution in [-0.4, -0.2) is 17.7 Å². The van der Waals surface area contributed by atoms with Gasteiger partial charge in [-0.3, -0.25) is 4.79 Å². The van der Waals surface area contributed by atoms with E-state index in [9.17, 15) is 4.79 Å². The van der Waals surface area contributed by atoms with E-state index in [0.29, 0.717) is 28.4 Å². The molecule has 0 saturated heterocycles. The van der Waals surface area contributed by atoms with Crippen molar-refractivity contribution in [2.24, 2.45) is 0 Å². The number of ketones is 1. The van der Waals surface area contributed by atoms with Gasteiger partial charge in [0.15, 0.2) is 17.3 Å². The van der Waals surface area contributed by atoms with E-state index < -0.39 is 0 Å². The molecule has 0 radical (unpaired) electrons. The molecule has 0 saturated carbocycles. The third kappa shape index (κ3) is 1.56. The number of nitrogens with zero attached hydrogens (tertiary/aromatic N) is 1. The minimum Gasteiger partial charge on any atom is -0.454 e. The molecule has 86 valence electrons. The van der Waals surface area contributed by atoms with Crippen molar-refractivity contribution in [2.45, 2.75) is 6.92 Å². The van der Waals surface area contributed by atoms with Crippen LogP contribution in [0.2, 0.25) is 0 Å². The molecular formula is C12H9NO4. The summed E-state index contributed by atoms with van der Waals surface area (Å²) in [6.45, 7) is 1.90. The van der Waals surface area contributed by atoms with Crippen LogP contribution in [-0.2, 0) is 0 Å². The Kier molecular flexibility index (Phi) is 2.11. The summed E-state index contributed by atoms with van der Waals surface area (Å²) in [5.41, 5.74) is 0.990. The number of benzene rings is 1. The molecule has 0 amide bonds. The van der Waals surface area contributed by atoms with Crippen molar-refractivity contribution < 1.29 is 18.8 Å². The highest BCUT2D eigenvalue weighted by Crippen LogP contribution is 2.33. The smallest absolute Gasteiger partial charge is 0.231 e. The molecule has 0 spiro atoms. The van der Waals surface area contributed by atoms with E-state index >= 15 is 0 Å². The van der Waals surface area contributed by atoms with Crippen molar-refractivity contribution in [1.29, 1.82) is 0 Å². The fourth-order valence-electron chi connectivity index (χ4n) is 1.71. The van der Waals surface area contributed by atoms with Gasteiger partial charge in [-0.25, -0.2) is 0 Å². The van der Waals surface area contributed by atoms with Gasteiger partial charge in [-0.15, -0.1) is 0 Å². The molecule has 0 fully saturated rings. The predicted molar refractivity (Wildman–Crippen MR) is 57.2 cm³/mol. The highest BCUT2D eigenvalue weighted by Gasteiger charge is 2.19. The highest BCUT2D eigenvalue weighted by atomic mass is 16.7. The molecule has 0 aliphatic carbocycles. The van der Waals surface area contributed by atoms with Gasteiger partial charge in [-0.1, -0.05) is 5.16 Å². The lowest BCUT2D eigenvalue weighted by Gasteiger charge is -2.00. The van der Waals surface area contributed by atoms with Crippen LogP contribution in [0.5, 0.6) is 11.5 Å². The summed E-state index contributed by atoms with van der Waals surface area (Å²) in [4.78, 5) is 12.1. The maximum absolute atomic E-state index is 12.1. The minimum absolute atomic E-state index is 0.137. The second-order valence-electron chi connectivity index (χ2n) is 3.69. The highest BCUT2D eigenvalue weighted by molar-refractivity contribution is 6.09. The van der Waals surface area contributed by atoms with E-state index in [0.717, 1.165) is 0 Å². The van der Waals surface area contributed by atoms with Crippen molar-refractivity contribution in [3.05, 3.63) is 41.3 Å². The SMILES string of the molecule is Cc1oncc1C(=O)c1ccc2c(c1)OCO2. The van der Waals surface area contributed by atoms with Gasteiger partial charge in [0.2, 0.25) is 6.79 Å². The lowest BCUT2D eigenvalue weighted by Crippen LogP contribution is -2.01. The molecule has 2 aromatic rings. The van der Waals surface area contributed by atoms with E-state index in [-0.39, 0.29) is 12.6 Å². The second kappa shape index (κ2) is 3.62. The molecule has 1 aliphatic rings. The van der Waals surface area contributed by atoms with Gasteiger partial charge in [0.1, 0.15) is 5.76 Å². The topological polar surface area (TPSA) is 61.6 Å². The maximum Gasteiger partial charge on any atom is 0.231 e. The van der Waals surface area contributed by atoms with Gasteiger partial charge in [0.05, 0.1) is 11.8 Å². The van der Waals surface area contributed by atoms with Crippen LogP contribution in [0.15, 0.2) is 28.9 Å². The molecular weight excluding hydrogens is 222 g/mol. The summed E-state index contributed by atoms with van der Waals surface area (Å²) in [6, 6.07) is 5.08. The zero-order valence-corrected chi connectivity index (χ0v) is 9.10. The Bertz CT molecular complexity index is 588. The number of rotatable bonds is 2. The number of ether oxygens (including phenoxy) is 2. The molecule has 0 unspecified atom stereocenters. The van der Waals surface area contributed by atoms with Crippen LogP contribution in [0.1, 0.15) is 21.7 Å². The summed E-state index contributed by atoms with van der Waals surface area (Å²) in [5.74, 6) is 1.61. The van der Waals surface area contributed by atoms with Crippen molar-refractivity contribution >= 4 is 5.78 Å². The molecule has 1 aliphatic heterocycles. The van der Waals surface area contributed by atoms with E-state index in [2.05, 4.69) is 5.16 Å². The Balaban J connectivity index is 2.00. The van der Waals surface area contributed by atoms with Gasteiger partial charge in [-0.2, -0.15) is 0 Å². The first-order chi connectivity index (χ1) is 8.25. The van der Waals surface area contributed by atoms with Crippen molar-refractivity contribution in [3.63, 3.8) is 0 Å². The first-order valence-electron chi connectivity index (χ1n) is 5.11. The molecule has 3 rings (SSSR count). The molecule has 17 heavy (non-hydrogen) atoms. The third-order valence-electron chi connectivity index (χ3n) is 2.63. The van der Waals surface area contributed by atoms with Gasteiger partial charge in [-0.05, 0) is 25.1 Å². The molecule has 5 heteroatoms. The minimum atomic E-state index is -0.137. The van der Waals surface area contributed by atoms with Crippen LogP contribution in [0.25, 0.3) is 0 Å². The summed E-state index contributed by atoms with van der Waals surface area (Å²) >= 11 is 0. The van der Waals surface area contributed by atoms with Crippen LogP contribution < -0.4 is 9.47 Å². The summed E-state index contributed by atoms with van der Waals surface area (Å²) < 4.78 is 15.3. The second-order valence-corrected chi connectivity index (χ2v) is 3.69. The van der Waals surface area contributed by atoms with Crippen molar-refractivity contribution in [3.8, 4) is 11.5 Å². The van der Waals surface area contributed by atoms with E-state index in [4.69, 9.17) is 14.0 Å². The zero-order chi connectivity index (χ0) is 11.8. The first kappa shape index (κ1) is 9.89. The van der Waals surface area contributed by atoms with Crippen LogP contribution in [0.4, 0.5) is 0 Å². The third-order valence-corrected chi connectivity index (χ3v) is 2.63. The number of fused-ring (bicyclic) bond motifs is 1. The molecule has 0 bridgehead atoms. The van der Waals surface area contributed by atoms with E-state index in [1.165, 1.54) is 6.20 Å². The molecule has 2 heterocycles. The number of hydrogen-bond donors (Lipinski definition) is 0. The molecule has 5 nitrogen and oxygen atoms in total. The number of aromatic nitrogens is 1. The van der Waals surface area contributed by atoms with Gasteiger partial charge < -0.3 is 14.0 Å². The van der Waals surface area contributed by atoms with Crippen LogP contribution in [0.3, 0.4) is 0 Å². The normalized spacial score (nSPS) is 12.8. The lowest BCUT2D eigenvalue weighted by atomic mass is 10.0. The Morgan fingerprint density at radius 1 is 1.29 bits per heavy atom. The lowest BCUT2D eigenvalue weighted by molar-refractivity contribution is 0.103. The molecule has 1 aromatic heterocycles. The fraction of sp³-hybridized carbons (Fsp3) is 0.167. The molecule has 0 N–H and O–H groups in total. The first-order valence-corrected chi connectivity index (χ1v) is 5.11. The standard InChI is InChI=1S/C12H9NO4/c1-7-9(5-13-17-7)12(14)8-2-3-10-11(4-8)16-6-15-10/h2-5H,6H2,1H3. The van der Waals surface area contributed by atoms with Gasteiger partial charge >= 0.3 is 0 Å². The number of carbonyl (C=O) groups is 1. The van der Waals surface area contributed by atoms with Gasteiger partial charge in [0.25, 0.3) is 0 Å². The maximum atomic E-state index is 12.1.